The molecule has 0 bridgehead atoms. The summed E-state index contributed by atoms with van der Waals surface area (Å²) in [4.78, 5) is 23.9. The second-order valence-electron chi connectivity index (χ2n) is 5.89. The van der Waals surface area contributed by atoms with Crippen LogP contribution in [0.15, 0.2) is 24.3 Å². The minimum absolute atomic E-state index is 0.101. The Morgan fingerprint density at radius 1 is 1.11 bits per heavy atom. The van der Waals surface area contributed by atoms with E-state index in [4.69, 9.17) is 0 Å². The minimum Gasteiger partial charge on any atom is -0.347 e. The lowest BCUT2D eigenvalue weighted by Gasteiger charge is -2.21. The quantitative estimate of drug-likeness (QED) is 0.880. The number of para-hydroxylation sites is 1. The van der Waals surface area contributed by atoms with Crippen molar-refractivity contribution in [3.8, 4) is 0 Å². The van der Waals surface area contributed by atoms with E-state index in [1.807, 2.05) is 34.6 Å². The van der Waals surface area contributed by atoms with Crippen LogP contribution in [0.4, 0.5) is 5.69 Å². The van der Waals surface area contributed by atoms with Gasteiger partial charge in [-0.2, -0.15) is 0 Å². The standard InChI is InChI=1S/C15H22N2O2/c1-10(2)13(18)16-12-9-7-6-8-11(12)14(19)17-15(3,4)5/h6-10H,1-5H3,(H,16,18)(H,17,19). The zero-order valence-electron chi connectivity index (χ0n) is 12.2. The van der Waals surface area contributed by atoms with Gasteiger partial charge in [-0.1, -0.05) is 26.0 Å². The first-order valence-corrected chi connectivity index (χ1v) is 6.43. The molecule has 19 heavy (non-hydrogen) atoms. The molecule has 1 aromatic rings. The second kappa shape index (κ2) is 5.87. The first-order valence-electron chi connectivity index (χ1n) is 6.43. The van der Waals surface area contributed by atoms with E-state index in [0.717, 1.165) is 0 Å². The Balaban J connectivity index is 2.96. The van der Waals surface area contributed by atoms with E-state index in [9.17, 15) is 9.59 Å². The molecule has 4 heteroatoms. The molecule has 4 nitrogen and oxygen atoms in total. The summed E-state index contributed by atoms with van der Waals surface area (Å²) in [5.41, 5.74) is 0.709. The van der Waals surface area contributed by atoms with Crippen molar-refractivity contribution in [1.29, 1.82) is 0 Å². The number of carbonyl (C=O) groups is 2. The molecule has 0 fully saturated rings. The van der Waals surface area contributed by atoms with Crippen molar-refractivity contribution >= 4 is 17.5 Å². The largest absolute Gasteiger partial charge is 0.347 e. The van der Waals surface area contributed by atoms with E-state index < -0.39 is 0 Å². The van der Waals surface area contributed by atoms with Crippen LogP contribution in [0.5, 0.6) is 0 Å². The Labute approximate surface area is 114 Å². The van der Waals surface area contributed by atoms with Crippen molar-refractivity contribution < 1.29 is 9.59 Å². The molecular formula is C15H22N2O2. The van der Waals surface area contributed by atoms with Gasteiger partial charge in [-0.15, -0.1) is 0 Å². The third-order valence-corrected chi connectivity index (χ3v) is 2.44. The Hall–Kier alpha value is -1.84. The lowest BCUT2D eigenvalue weighted by Crippen LogP contribution is -2.41. The van der Waals surface area contributed by atoms with Gasteiger partial charge >= 0.3 is 0 Å². The summed E-state index contributed by atoms with van der Waals surface area (Å²) in [7, 11) is 0. The van der Waals surface area contributed by atoms with Gasteiger partial charge < -0.3 is 10.6 Å². The van der Waals surface area contributed by atoms with E-state index in [0.29, 0.717) is 11.3 Å². The molecule has 2 N–H and O–H groups in total. The lowest BCUT2D eigenvalue weighted by atomic mass is 10.1. The van der Waals surface area contributed by atoms with E-state index in [1.54, 1.807) is 24.3 Å². The van der Waals surface area contributed by atoms with E-state index >= 15 is 0 Å². The molecule has 0 atom stereocenters. The van der Waals surface area contributed by atoms with E-state index in [2.05, 4.69) is 10.6 Å². The van der Waals surface area contributed by atoms with Gasteiger partial charge in [0.2, 0.25) is 5.91 Å². The SMILES string of the molecule is CC(C)C(=O)Nc1ccccc1C(=O)NC(C)(C)C. The first-order chi connectivity index (χ1) is 8.70. The second-order valence-corrected chi connectivity index (χ2v) is 5.89. The van der Waals surface area contributed by atoms with Gasteiger partial charge in [0.1, 0.15) is 0 Å². The van der Waals surface area contributed by atoms with E-state index in [-0.39, 0.29) is 23.3 Å². The number of amides is 2. The maximum absolute atomic E-state index is 12.2. The molecule has 0 unspecified atom stereocenters. The number of carbonyl (C=O) groups excluding carboxylic acids is 2. The molecule has 1 aromatic carbocycles. The third kappa shape index (κ3) is 4.73. The van der Waals surface area contributed by atoms with Crippen LogP contribution in [-0.4, -0.2) is 17.4 Å². The molecule has 104 valence electrons. The summed E-state index contributed by atoms with van der Waals surface area (Å²) in [5, 5.41) is 5.66. The number of hydrogen-bond acceptors (Lipinski definition) is 2. The molecule has 2 amide bonds. The topological polar surface area (TPSA) is 58.2 Å². The predicted octanol–water partition coefficient (Wildman–Crippen LogP) is 2.81. The summed E-state index contributed by atoms with van der Waals surface area (Å²) in [5.74, 6) is -0.415. The van der Waals surface area contributed by atoms with Crippen LogP contribution in [0.25, 0.3) is 0 Å². The van der Waals surface area contributed by atoms with Crippen LogP contribution in [0.1, 0.15) is 45.0 Å². The highest BCUT2D eigenvalue weighted by Gasteiger charge is 2.19. The van der Waals surface area contributed by atoms with Gasteiger partial charge in [-0.05, 0) is 32.9 Å². The van der Waals surface area contributed by atoms with Crippen molar-refractivity contribution in [3.63, 3.8) is 0 Å². The predicted molar refractivity (Wildman–Crippen MR) is 77.1 cm³/mol. The van der Waals surface area contributed by atoms with Crippen LogP contribution < -0.4 is 10.6 Å². The summed E-state index contributed by atoms with van der Waals surface area (Å²) < 4.78 is 0. The molecule has 0 saturated heterocycles. The highest BCUT2D eigenvalue weighted by atomic mass is 16.2. The monoisotopic (exact) mass is 262 g/mol. The fraction of sp³-hybridized carbons (Fsp3) is 0.467. The number of rotatable bonds is 3. The Morgan fingerprint density at radius 3 is 2.21 bits per heavy atom. The van der Waals surface area contributed by atoms with Gasteiger partial charge in [0, 0.05) is 11.5 Å². The lowest BCUT2D eigenvalue weighted by molar-refractivity contribution is -0.118. The Kier molecular flexibility index (Phi) is 4.70. The molecular weight excluding hydrogens is 240 g/mol. The van der Waals surface area contributed by atoms with Crippen LogP contribution in [0.2, 0.25) is 0 Å². The smallest absolute Gasteiger partial charge is 0.253 e. The highest BCUT2D eigenvalue weighted by Crippen LogP contribution is 2.17. The molecule has 0 radical (unpaired) electrons. The number of nitrogens with one attached hydrogen (secondary N) is 2. The van der Waals surface area contributed by atoms with Gasteiger partial charge in [0.05, 0.1) is 11.3 Å². The fourth-order valence-electron chi connectivity index (χ4n) is 1.48. The van der Waals surface area contributed by atoms with Crippen LogP contribution >= 0.6 is 0 Å². The summed E-state index contributed by atoms with van der Waals surface area (Å²) >= 11 is 0. The fourth-order valence-corrected chi connectivity index (χ4v) is 1.48. The molecule has 0 heterocycles. The van der Waals surface area contributed by atoms with E-state index in [1.165, 1.54) is 0 Å². The first kappa shape index (κ1) is 15.2. The summed E-state index contributed by atoms with van der Waals surface area (Å²) in [6.07, 6.45) is 0. The van der Waals surface area contributed by atoms with Gasteiger partial charge in [0.25, 0.3) is 5.91 Å². The minimum atomic E-state index is -0.313. The van der Waals surface area contributed by atoms with Crippen molar-refractivity contribution in [2.45, 2.75) is 40.2 Å². The summed E-state index contributed by atoms with van der Waals surface area (Å²) in [6.45, 7) is 9.38. The normalized spacial score (nSPS) is 11.3. The van der Waals surface area contributed by atoms with Crippen molar-refractivity contribution in [1.82, 2.24) is 5.32 Å². The molecule has 0 saturated carbocycles. The Bertz CT molecular complexity index is 473. The molecule has 0 aliphatic heterocycles. The van der Waals surface area contributed by atoms with Crippen LogP contribution in [0, 0.1) is 5.92 Å². The number of anilines is 1. The molecule has 0 spiro atoms. The Morgan fingerprint density at radius 2 is 1.68 bits per heavy atom. The molecule has 0 aliphatic carbocycles. The number of hydrogen-bond donors (Lipinski definition) is 2. The average Bonchev–Trinajstić information content (AvgIpc) is 2.27. The van der Waals surface area contributed by atoms with Gasteiger partial charge in [-0.3, -0.25) is 9.59 Å². The molecule has 0 aromatic heterocycles. The van der Waals surface area contributed by atoms with Crippen molar-refractivity contribution in [2.75, 3.05) is 5.32 Å². The van der Waals surface area contributed by atoms with Crippen LogP contribution in [-0.2, 0) is 4.79 Å². The maximum Gasteiger partial charge on any atom is 0.253 e. The number of benzene rings is 1. The highest BCUT2D eigenvalue weighted by molar-refractivity contribution is 6.04. The zero-order chi connectivity index (χ0) is 14.6. The zero-order valence-corrected chi connectivity index (χ0v) is 12.2. The third-order valence-electron chi connectivity index (χ3n) is 2.44. The van der Waals surface area contributed by atoms with Crippen molar-refractivity contribution in [2.24, 2.45) is 5.92 Å². The van der Waals surface area contributed by atoms with Crippen LogP contribution in [0.3, 0.4) is 0 Å². The van der Waals surface area contributed by atoms with Gasteiger partial charge in [0.15, 0.2) is 0 Å². The molecule has 1 rings (SSSR count). The van der Waals surface area contributed by atoms with Crippen molar-refractivity contribution in [3.05, 3.63) is 29.8 Å². The molecule has 0 aliphatic rings. The summed E-state index contributed by atoms with van der Waals surface area (Å²) in [6, 6.07) is 7.02. The average molecular weight is 262 g/mol. The van der Waals surface area contributed by atoms with Gasteiger partial charge in [-0.25, -0.2) is 0 Å². The maximum atomic E-state index is 12.2.